The second kappa shape index (κ2) is 5.50. The van der Waals surface area contributed by atoms with Crippen molar-refractivity contribution in [2.24, 2.45) is 7.05 Å². The molecule has 2 aromatic heterocycles. The van der Waals surface area contributed by atoms with Gasteiger partial charge in [0, 0.05) is 18.8 Å². The van der Waals surface area contributed by atoms with Crippen LogP contribution in [0.2, 0.25) is 0 Å². The van der Waals surface area contributed by atoms with Crippen molar-refractivity contribution in [1.82, 2.24) is 14.5 Å². The van der Waals surface area contributed by atoms with E-state index in [2.05, 4.69) is 9.97 Å². The van der Waals surface area contributed by atoms with E-state index in [0.717, 1.165) is 16.6 Å². The highest BCUT2D eigenvalue weighted by Crippen LogP contribution is 2.26. The maximum atomic E-state index is 12.2. The molecule has 0 amide bonds. The van der Waals surface area contributed by atoms with E-state index in [4.69, 9.17) is 4.74 Å². The lowest BCUT2D eigenvalue weighted by Gasteiger charge is -2.19. The maximum absolute atomic E-state index is 12.2. The molecule has 0 aliphatic heterocycles. The van der Waals surface area contributed by atoms with Crippen molar-refractivity contribution in [2.75, 3.05) is 0 Å². The number of aryl methyl sites for hydroxylation is 1. The number of fused-ring (bicyclic) bond motifs is 1. The molecule has 3 aromatic rings. The van der Waals surface area contributed by atoms with Crippen molar-refractivity contribution in [3.05, 3.63) is 48.4 Å². The van der Waals surface area contributed by atoms with Crippen molar-refractivity contribution in [1.29, 1.82) is 0 Å². The molecule has 0 unspecified atom stereocenters. The van der Waals surface area contributed by atoms with Crippen LogP contribution in [-0.2, 0) is 11.8 Å². The summed E-state index contributed by atoms with van der Waals surface area (Å²) in [6, 6.07) is 9.33. The van der Waals surface area contributed by atoms with E-state index in [-0.39, 0.29) is 5.97 Å². The van der Waals surface area contributed by atoms with Gasteiger partial charge < -0.3 is 9.30 Å². The van der Waals surface area contributed by atoms with Crippen LogP contribution in [0.25, 0.3) is 22.3 Å². The van der Waals surface area contributed by atoms with Crippen LogP contribution in [0.5, 0.6) is 0 Å². The minimum absolute atomic E-state index is 0.352. The predicted octanol–water partition coefficient (Wildman–Crippen LogP) is 3.59. The summed E-state index contributed by atoms with van der Waals surface area (Å²) in [7, 11) is 1.95. The molecule has 5 heteroatoms. The van der Waals surface area contributed by atoms with Crippen LogP contribution in [0.4, 0.5) is 0 Å². The highest BCUT2D eigenvalue weighted by Gasteiger charge is 2.19. The summed E-state index contributed by atoms with van der Waals surface area (Å²) >= 11 is 0. The number of nitrogens with zero attached hydrogens (tertiary/aromatic N) is 3. The average molecular weight is 309 g/mol. The topological polar surface area (TPSA) is 57.0 Å². The van der Waals surface area contributed by atoms with Gasteiger partial charge in [-0.1, -0.05) is 12.1 Å². The van der Waals surface area contributed by atoms with Crippen LogP contribution >= 0.6 is 0 Å². The summed E-state index contributed by atoms with van der Waals surface area (Å²) < 4.78 is 7.37. The van der Waals surface area contributed by atoms with Gasteiger partial charge in [0.25, 0.3) is 0 Å². The fraction of sp³-hybridized carbons (Fsp3) is 0.278. The zero-order valence-corrected chi connectivity index (χ0v) is 13.7. The molecule has 23 heavy (non-hydrogen) atoms. The van der Waals surface area contributed by atoms with Gasteiger partial charge in [-0.25, -0.2) is 9.78 Å². The molecule has 5 nitrogen and oxygen atoms in total. The average Bonchev–Trinajstić information content (AvgIpc) is 2.87. The summed E-state index contributed by atoms with van der Waals surface area (Å²) in [5, 5.41) is 0. The Morgan fingerprint density at radius 1 is 1.17 bits per heavy atom. The van der Waals surface area contributed by atoms with Crippen LogP contribution in [0.15, 0.2) is 42.9 Å². The van der Waals surface area contributed by atoms with Crippen molar-refractivity contribution in [3.63, 3.8) is 0 Å². The molecule has 0 saturated heterocycles. The van der Waals surface area contributed by atoms with Crippen molar-refractivity contribution in [2.45, 2.75) is 26.4 Å². The number of carbonyl (C=O) groups is 1. The second-order valence-corrected chi connectivity index (χ2v) is 6.46. The number of aromatic nitrogens is 3. The zero-order chi connectivity index (χ0) is 16.6. The highest BCUT2D eigenvalue weighted by molar-refractivity contribution is 5.94. The smallest absolute Gasteiger partial charge is 0.338 e. The first kappa shape index (κ1) is 15.2. The van der Waals surface area contributed by atoms with Gasteiger partial charge in [0.1, 0.15) is 5.60 Å². The molecule has 0 fully saturated rings. The van der Waals surface area contributed by atoms with Gasteiger partial charge in [-0.3, -0.25) is 4.98 Å². The fourth-order valence-electron chi connectivity index (χ4n) is 2.41. The number of para-hydroxylation sites is 1. The molecule has 0 spiro atoms. The summed E-state index contributed by atoms with van der Waals surface area (Å²) in [4.78, 5) is 21.1. The number of rotatable bonds is 2. The van der Waals surface area contributed by atoms with E-state index in [9.17, 15) is 4.79 Å². The Morgan fingerprint density at radius 2 is 1.96 bits per heavy atom. The Hall–Kier alpha value is -2.69. The molecule has 0 N–H and O–H groups in total. The van der Waals surface area contributed by atoms with Gasteiger partial charge in [-0.05, 0) is 39.0 Å². The lowest BCUT2D eigenvalue weighted by molar-refractivity contribution is 0.00694. The number of imidazole rings is 1. The second-order valence-electron chi connectivity index (χ2n) is 6.46. The molecule has 0 aliphatic carbocycles. The highest BCUT2D eigenvalue weighted by atomic mass is 16.6. The Morgan fingerprint density at radius 3 is 2.70 bits per heavy atom. The van der Waals surface area contributed by atoms with Crippen LogP contribution in [0.1, 0.15) is 31.1 Å². The number of ether oxygens (including phenoxy) is 1. The van der Waals surface area contributed by atoms with E-state index < -0.39 is 5.60 Å². The van der Waals surface area contributed by atoms with E-state index in [1.54, 1.807) is 24.7 Å². The number of esters is 1. The van der Waals surface area contributed by atoms with E-state index in [1.807, 2.05) is 50.6 Å². The molecule has 2 heterocycles. The SMILES string of the molecule is Cn1cnc2c(-c3cc(C(=O)OC(C)(C)C)ccn3)cccc21. The summed E-state index contributed by atoms with van der Waals surface area (Å²) in [6.07, 6.45) is 3.39. The largest absolute Gasteiger partial charge is 0.456 e. The number of hydrogen-bond acceptors (Lipinski definition) is 4. The number of carbonyl (C=O) groups excluding carboxylic acids is 1. The molecule has 0 saturated carbocycles. The van der Waals surface area contributed by atoms with E-state index in [1.165, 1.54) is 0 Å². The molecule has 0 bridgehead atoms. The van der Waals surface area contributed by atoms with Gasteiger partial charge in [0.2, 0.25) is 0 Å². The zero-order valence-electron chi connectivity index (χ0n) is 13.7. The Balaban J connectivity index is 2.04. The lowest BCUT2D eigenvalue weighted by Crippen LogP contribution is -2.23. The van der Waals surface area contributed by atoms with Crippen LogP contribution in [0.3, 0.4) is 0 Å². The normalized spacial score (nSPS) is 11.7. The third kappa shape index (κ3) is 3.08. The maximum Gasteiger partial charge on any atom is 0.338 e. The van der Waals surface area contributed by atoms with Crippen molar-refractivity contribution >= 4 is 17.0 Å². The Kier molecular flexibility index (Phi) is 3.64. The molecule has 0 atom stereocenters. The third-order valence-electron chi connectivity index (χ3n) is 3.43. The predicted molar refractivity (Wildman–Crippen MR) is 89.1 cm³/mol. The van der Waals surface area contributed by atoms with Crippen molar-refractivity contribution in [3.8, 4) is 11.3 Å². The molecule has 0 aliphatic rings. The standard InChI is InChI=1S/C18H19N3O2/c1-18(2,3)23-17(22)12-8-9-19-14(10-12)13-6-5-7-15-16(13)20-11-21(15)4/h5-11H,1-4H3. The number of pyridine rings is 1. The summed E-state index contributed by atoms with van der Waals surface area (Å²) in [5.74, 6) is -0.352. The summed E-state index contributed by atoms with van der Waals surface area (Å²) in [5.41, 5.74) is 3.45. The van der Waals surface area contributed by atoms with Gasteiger partial charge in [0.15, 0.2) is 0 Å². The Bertz CT molecular complexity index is 875. The molecule has 118 valence electrons. The van der Waals surface area contributed by atoms with Crippen LogP contribution in [-0.4, -0.2) is 26.1 Å². The van der Waals surface area contributed by atoms with E-state index in [0.29, 0.717) is 11.3 Å². The summed E-state index contributed by atoms with van der Waals surface area (Å²) in [6.45, 7) is 5.55. The first-order valence-electron chi connectivity index (χ1n) is 7.45. The van der Waals surface area contributed by atoms with Gasteiger partial charge >= 0.3 is 5.97 Å². The third-order valence-corrected chi connectivity index (χ3v) is 3.43. The Labute approximate surface area is 134 Å². The molecule has 3 rings (SSSR count). The molecular weight excluding hydrogens is 290 g/mol. The quantitative estimate of drug-likeness (QED) is 0.679. The fourth-order valence-corrected chi connectivity index (χ4v) is 2.41. The van der Waals surface area contributed by atoms with Gasteiger partial charge in [-0.2, -0.15) is 0 Å². The van der Waals surface area contributed by atoms with Crippen LogP contribution < -0.4 is 0 Å². The van der Waals surface area contributed by atoms with Crippen molar-refractivity contribution < 1.29 is 9.53 Å². The molecule has 1 aromatic carbocycles. The molecular formula is C18H19N3O2. The number of benzene rings is 1. The lowest BCUT2D eigenvalue weighted by atomic mass is 10.1. The first-order valence-corrected chi connectivity index (χ1v) is 7.45. The van der Waals surface area contributed by atoms with E-state index >= 15 is 0 Å². The number of hydrogen-bond donors (Lipinski definition) is 0. The van der Waals surface area contributed by atoms with Gasteiger partial charge in [-0.15, -0.1) is 0 Å². The molecule has 0 radical (unpaired) electrons. The van der Waals surface area contributed by atoms with Gasteiger partial charge in [0.05, 0.1) is 28.6 Å². The first-order chi connectivity index (χ1) is 10.8. The monoisotopic (exact) mass is 309 g/mol. The minimum Gasteiger partial charge on any atom is -0.456 e. The van der Waals surface area contributed by atoms with Crippen LogP contribution in [0, 0.1) is 0 Å². The minimum atomic E-state index is -0.526.